The molecule has 0 aromatic heterocycles. The number of carbonyl (C=O) groups excluding carboxylic acids is 1. The van der Waals surface area contributed by atoms with Crippen LogP contribution in [-0.4, -0.2) is 31.1 Å². The van der Waals surface area contributed by atoms with Gasteiger partial charge in [0.15, 0.2) is 5.78 Å². The van der Waals surface area contributed by atoms with Crippen molar-refractivity contribution in [1.29, 1.82) is 0 Å². The summed E-state index contributed by atoms with van der Waals surface area (Å²) in [4.78, 5) is 11.9. The Balaban J connectivity index is 2.41. The number of ketones is 1. The van der Waals surface area contributed by atoms with Gasteiger partial charge in [0.2, 0.25) is 10.0 Å². The largest absolute Gasteiger partial charge is 0.293 e. The highest BCUT2D eigenvalue weighted by Gasteiger charge is 2.33. The minimum atomic E-state index is -3.62. The van der Waals surface area contributed by atoms with Gasteiger partial charge in [0.25, 0.3) is 0 Å². The van der Waals surface area contributed by atoms with Gasteiger partial charge in [-0.3, -0.25) is 4.79 Å². The second kappa shape index (κ2) is 4.90. The Bertz CT molecular complexity index is 629. The van der Waals surface area contributed by atoms with E-state index in [1.807, 2.05) is 6.92 Å². The van der Waals surface area contributed by atoms with Crippen molar-refractivity contribution in [2.24, 2.45) is 0 Å². The molecule has 102 valence electrons. The van der Waals surface area contributed by atoms with Crippen molar-refractivity contribution in [2.75, 3.05) is 6.54 Å². The van der Waals surface area contributed by atoms with Crippen LogP contribution in [0.15, 0.2) is 40.8 Å². The minimum absolute atomic E-state index is 0.0836. The summed E-state index contributed by atoms with van der Waals surface area (Å²) in [6.45, 7) is 5.31. The Labute approximate surface area is 113 Å². The van der Waals surface area contributed by atoms with Crippen molar-refractivity contribution in [3.05, 3.63) is 41.5 Å². The van der Waals surface area contributed by atoms with Crippen molar-refractivity contribution >= 4 is 15.8 Å². The fourth-order valence-electron chi connectivity index (χ4n) is 2.10. The van der Waals surface area contributed by atoms with Crippen LogP contribution in [0.3, 0.4) is 0 Å². The molecule has 1 heterocycles. The van der Waals surface area contributed by atoms with Crippen molar-refractivity contribution in [2.45, 2.75) is 31.7 Å². The van der Waals surface area contributed by atoms with Gasteiger partial charge in [-0.25, -0.2) is 8.42 Å². The number of hydrogen-bond donors (Lipinski definition) is 0. The van der Waals surface area contributed by atoms with E-state index in [9.17, 15) is 13.2 Å². The molecule has 1 aromatic carbocycles. The highest BCUT2D eigenvalue weighted by atomic mass is 32.2. The van der Waals surface area contributed by atoms with Crippen molar-refractivity contribution in [1.82, 2.24) is 4.31 Å². The molecule has 19 heavy (non-hydrogen) atoms. The average molecular weight is 279 g/mol. The molecule has 1 aliphatic rings. The van der Waals surface area contributed by atoms with Crippen LogP contribution in [0, 0.1) is 6.92 Å². The topological polar surface area (TPSA) is 54.5 Å². The zero-order chi connectivity index (χ0) is 14.2. The summed E-state index contributed by atoms with van der Waals surface area (Å²) in [6.07, 6.45) is 1.69. The number of aryl methyl sites for hydroxylation is 1. The van der Waals surface area contributed by atoms with Crippen LogP contribution < -0.4 is 0 Å². The number of Topliss-reactive ketones (excluding diaryl/α,β-unsaturated/α-hetero) is 1. The van der Waals surface area contributed by atoms with Gasteiger partial charge in [0.1, 0.15) is 0 Å². The fourth-order valence-corrected chi connectivity index (χ4v) is 3.63. The van der Waals surface area contributed by atoms with Crippen LogP contribution >= 0.6 is 0 Å². The summed E-state index contributed by atoms with van der Waals surface area (Å²) in [5.41, 5.74) is 1.63. The predicted octanol–water partition coefficient (Wildman–Crippen LogP) is 1.90. The van der Waals surface area contributed by atoms with E-state index in [0.717, 1.165) is 5.56 Å². The molecule has 1 atom stereocenters. The molecule has 0 N–H and O–H groups in total. The Morgan fingerprint density at radius 1 is 1.16 bits per heavy atom. The summed E-state index contributed by atoms with van der Waals surface area (Å²) < 4.78 is 26.3. The second-order valence-electron chi connectivity index (χ2n) is 4.88. The molecule has 0 saturated heterocycles. The molecule has 4 nitrogen and oxygen atoms in total. The Morgan fingerprint density at radius 3 is 2.32 bits per heavy atom. The van der Waals surface area contributed by atoms with Gasteiger partial charge in [-0.15, -0.1) is 0 Å². The quantitative estimate of drug-likeness (QED) is 0.831. The predicted molar refractivity (Wildman–Crippen MR) is 73.3 cm³/mol. The van der Waals surface area contributed by atoms with Crippen LogP contribution in [0.5, 0.6) is 0 Å². The van der Waals surface area contributed by atoms with Crippen LogP contribution in [0.1, 0.15) is 19.4 Å². The standard InChI is InChI=1S/C14H17NO3S/c1-10-4-6-13(7-5-10)19(17,18)15-9-14(16)11(2)8-12(15)3/h4-8,12H,9H2,1-3H3. The lowest BCUT2D eigenvalue weighted by atomic mass is 10.1. The molecule has 2 rings (SSSR count). The molecule has 0 saturated carbocycles. The summed E-state index contributed by atoms with van der Waals surface area (Å²) in [7, 11) is -3.62. The van der Waals surface area contributed by atoms with Crippen LogP contribution in [0.25, 0.3) is 0 Å². The third kappa shape index (κ3) is 2.62. The zero-order valence-corrected chi connectivity index (χ0v) is 12.1. The second-order valence-corrected chi connectivity index (χ2v) is 6.77. The molecule has 0 aliphatic carbocycles. The van der Waals surface area contributed by atoms with E-state index < -0.39 is 10.0 Å². The number of hydrogen-bond acceptors (Lipinski definition) is 3. The lowest BCUT2D eigenvalue weighted by Gasteiger charge is -2.29. The first-order chi connectivity index (χ1) is 8.82. The van der Waals surface area contributed by atoms with Gasteiger partial charge in [0.05, 0.1) is 11.4 Å². The van der Waals surface area contributed by atoms with Gasteiger partial charge < -0.3 is 0 Å². The van der Waals surface area contributed by atoms with Crippen LogP contribution in [0.2, 0.25) is 0 Å². The molecule has 5 heteroatoms. The molecule has 0 bridgehead atoms. The first kappa shape index (κ1) is 14.0. The lowest BCUT2D eigenvalue weighted by Crippen LogP contribution is -2.44. The zero-order valence-electron chi connectivity index (χ0n) is 11.3. The summed E-state index contributed by atoms with van der Waals surface area (Å²) in [6, 6.07) is 6.36. The normalized spacial score (nSPS) is 21.3. The summed E-state index contributed by atoms with van der Waals surface area (Å²) in [5, 5.41) is 0. The van der Waals surface area contributed by atoms with Gasteiger partial charge in [-0.1, -0.05) is 23.8 Å². The van der Waals surface area contributed by atoms with E-state index in [0.29, 0.717) is 5.57 Å². The van der Waals surface area contributed by atoms with Crippen molar-refractivity contribution in [3.8, 4) is 0 Å². The van der Waals surface area contributed by atoms with E-state index in [1.54, 1.807) is 44.2 Å². The maximum absolute atomic E-state index is 12.5. The summed E-state index contributed by atoms with van der Waals surface area (Å²) in [5.74, 6) is -0.145. The van der Waals surface area contributed by atoms with Crippen LogP contribution in [-0.2, 0) is 14.8 Å². The SMILES string of the molecule is CC1=CC(C)N(S(=O)(=O)c2ccc(C)cc2)CC1=O. The van der Waals surface area contributed by atoms with E-state index in [4.69, 9.17) is 0 Å². The van der Waals surface area contributed by atoms with Crippen molar-refractivity contribution < 1.29 is 13.2 Å². The first-order valence-electron chi connectivity index (χ1n) is 6.12. The highest BCUT2D eigenvalue weighted by Crippen LogP contribution is 2.23. The molecule has 0 amide bonds. The first-order valence-corrected chi connectivity index (χ1v) is 7.56. The number of carbonyl (C=O) groups is 1. The number of rotatable bonds is 2. The third-order valence-electron chi connectivity index (χ3n) is 3.31. The molecular formula is C14H17NO3S. The average Bonchev–Trinajstić information content (AvgIpc) is 2.34. The Hall–Kier alpha value is -1.46. The highest BCUT2D eigenvalue weighted by molar-refractivity contribution is 7.89. The van der Waals surface area contributed by atoms with Gasteiger partial charge in [0, 0.05) is 6.04 Å². The van der Waals surface area contributed by atoms with Gasteiger partial charge >= 0.3 is 0 Å². The van der Waals surface area contributed by atoms with E-state index in [2.05, 4.69) is 0 Å². The number of nitrogens with zero attached hydrogens (tertiary/aromatic N) is 1. The van der Waals surface area contributed by atoms with Gasteiger partial charge in [-0.2, -0.15) is 4.31 Å². The Kier molecular flexibility index (Phi) is 3.60. The van der Waals surface area contributed by atoms with Crippen LogP contribution in [0.4, 0.5) is 0 Å². The monoisotopic (exact) mass is 279 g/mol. The smallest absolute Gasteiger partial charge is 0.244 e. The van der Waals surface area contributed by atoms with E-state index in [-0.39, 0.29) is 23.3 Å². The third-order valence-corrected chi connectivity index (χ3v) is 5.26. The molecule has 1 aromatic rings. The fraction of sp³-hybridized carbons (Fsp3) is 0.357. The molecule has 1 unspecified atom stereocenters. The maximum atomic E-state index is 12.5. The summed E-state index contributed by atoms with van der Waals surface area (Å²) >= 11 is 0. The minimum Gasteiger partial charge on any atom is -0.293 e. The molecule has 0 fully saturated rings. The number of sulfonamides is 1. The molecular weight excluding hydrogens is 262 g/mol. The lowest BCUT2D eigenvalue weighted by molar-refractivity contribution is -0.116. The maximum Gasteiger partial charge on any atom is 0.244 e. The number of benzene rings is 1. The Morgan fingerprint density at radius 2 is 1.74 bits per heavy atom. The van der Waals surface area contributed by atoms with E-state index in [1.165, 1.54) is 4.31 Å². The molecule has 0 radical (unpaired) electrons. The van der Waals surface area contributed by atoms with Gasteiger partial charge in [-0.05, 0) is 38.5 Å². The van der Waals surface area contributed by atoms with E-state index >= 15 is 0 Å². The van der Waals surface area contributed by atoms with Crippen molar-refractivity contribution in [3.63, 3.8) is 0 Å². The molecule has 0 spiro atoms. The molecule has 1 aliphatic heterocycles.